The minimum absolute atomic E-state index is 0.136. The number of nitrogens with zero attached hydrogens (tertiary/aromatic N) is 4. The molecule has 1 aromatic carbocycles. The number of carbonyl (C=O) groups is 2. The second-order valence-corrected chi connectivity index (χ2v) is 7.05. The fourth-order valence-corrected chi connectivity index (χ4v) is 3.19. The van der Waals surface area contributed by atoms with Crippen LogP contribution in [0, 0.1) is 24.0 Å². The molecule has 10 heteroatoms. The number of nitrogens with one attached hydrogen (secondary N) is 1. The summed E-state index contributed by atoms with van der Waals surface area (Å²) in [6.45, 7) is -0.0475. The van der Waals surface area contributed by atoms with Crippen molar-refractivity contribution in [3.05, 3.63) is 71.2 Å². The first-order chi connectivity index (χ1) is 15.4. The van der Waals surface area contributed by atoms with Crippen molar-refractivity contribution < 1.29 is 23.1 Å². The summed E-state index contributed by atoms with van der Waals surface area (Å²) >= 11 is 0. The molecular formula is C22H17F2N5O3. The first kappa shape index (κ1) is 21.0. The van der Waals surface area contributed by atoms with E-state index < -0.39 is 35.2 Å². The van der Waals surface area contributed by atoms with Crippen LogP contribution in [0.2, 0.25) is 0 Å². The van der Waals surface area contributed by atoms with Gasteiger partial charge in [0.1, 0.15) is 24.2 Å². The normalized spacial score (nSPS) is 15.4. The number of hydrogen-bond acceptors (Lipinski definition) is 5. The Labute approximate surface area is 181 Å². The smallest absolute Gasteiger partial charge is 0.275 e. The van der Waals surface area contributed by atoms with E-state index in [4.69, 9.17) is 11.2 Å². The molecule has 1 unspecified atom stereocenters. The Bertz CT molecular complexity index is 1230. The van der Waals surface area contributed by atoms with Crippen LogP contribution in [0.3, 0.4) is 0 Å². The quantitative estimate of drug-likeness (QED) is 0.628. The van der Waals surface area contributed by atoms with Gasteiger partial charge in [0.15, 0.2) is 23.1 Å². The Kier molecular flexibility index (Phi) is 5.55. The molecule has 3 aromatic rings. The van der Waals surface area contributed by atoms with Gasteiger partial charge >= 0.3 is 0 Å². The monoisotopic (exact) mass is 437 g/mol. The summed E-state index contributed by atoms with van der Waals surface area (Å²) in [5, 5.41) is 6.41. The van der Waals surface area contributed by atoms with E-state index in [1.165, 1.54) is 40.9 Å². The first-order valence-corrected chi connectivity index (χ1v) is 9.52. The van der Waals surface area contributed by atoms with Gasteiger partial charge in [0.2, 0.25) is 0 Å². The third-order valence-electron chi connectivity index (χ3n) is 4.83. The fraction of sp³-hybridized carbons (Fsp3) is 0.182. The molecule has 3 heterocycles. The number of likely N-dealkylation sites (N-methyl/N-ethyl adjacent to an activating group) is 1. The van der Waals surface area contributed by atoms with Gasteiger partial charge in [0.05, 0.1) is 12.7 Å². The molecule has 1 aliphatic heterocycles. The van der Waals surface area contributed by atoms with Crippen LogP contribution >= 0.6 is 0 Å². The predicted octanol–water partition coefficient (Wildman–Crippen LogP) is 1.74. The Morgan fingerprint density at radius 1 is 1.28 bits per heavy atom. The van der Waals surface area contributed by atoms with Crippen LogP contribution in [0.5, 0.6) is 5.75 Å². The number of halogens is 2. The van der Waals surface area contributed by atoms with E-state index in [2.05, 4.69) is 21.3 Å². The van der Waals surface area contributed by atoms with Crippen molar-refractivity contribution in [2.75, 3.05) is 18.6 Å². The third-order valence-corrected chi connectivity index (χ3v) is 4.83. The van der Waals surface area contributed by atoms with Crippen molar-refractivity contribution in [2.45, 2.75) is 12.6 Å². The van der Waals surface area contributed by atoms with Gasteiger partial charge in [-0.05, 0) is 29.8 Å². The largest absolute Gasteiger partial charge is 0.487 e. The number of fused-ring (bicyclic) bond motifs is 1. The third kappa shape index (κ3) is 4.13. The van der Waals surface area contributed by atoms with Crippen LogP contribution in [0.4, 0.5) is 14.6 Å². The zero-order chi connectivity index (χ0) is 22.8. The highest BCUT2D eigenvalue weighted by atomic mass is 19.1. The standard InChI is InChI=1S/C22H17F2N5O3/c1-3-15-8-9-18-20(25-15)28(2)22(31)17(12-32-18)26-21(30)19-16(24)11-29(27-19)10-13-4-6-14(23)7-5-13/h1,4-9,11,17H,10,12H2,2H3,(H,26,30). The van der Waals surface area contributed by atoms with Gasteiger partial charge < -0.3 is 10.1 Å². The van der Waals surface area contributed by atoms with E-state index in [-0.39, 0.29) is 19.0 Å². The molecule has 0 spiro atoms. The highest BCUT2D eigenvalue weighted by molar-refractivity contribution is 6.02. The van der Waals surface area contributed by atoms with Crippen LogP contribution in [0.25, 0.3) is 0 Å². The van der Waals surface area contributed by atoms with Gasteiger partial charge in [-0.25, -0.2) is 13.8 Å². The van der Waals surface area contributed by atoms with Crippen molar-refractivity contribution >= 4 is 17.6 Å². The predicted molar refractivity (Wildman–Crippen MR) is 110 cm³/mol. The number of amides is 2. The summed E-state index contributed by atoms with van der Waals surface area (Å²) in [6.07, 6.45) is 6.41. The number of carbonyl (C=O) groups excluding carboxylic acids is 2. The summed E-state index contributed by atoms with van der Waals surface area (Å²) in [5.41, 5.74) is 0.520. The zero-order valence-electron chi connectivity index (χ0n) is 16.9. The Morgan fingerprint density at radius 3 is 2.75 bits per heavy atom. The number of pyridine rings is 1. The molecule has 8 nitrogen and oxygen atoms in total. The minimum Gasteiger partial charge on any atom is -0.487 e. The Balaban J connectivity index is 1.49. The Morgan fingerprint density at radius 2 is 2.03 bits per heavy atom. The SMILES string of the molecule is C#Cc1ccc2c(n1)N(C)C(=O)C(NC(=O)c1nn(Cc3ccc(F)cc3)cc1F)CO2. The van der Waals surface area contributed by atoms with E-state index in [9.17, 15) is 18.4 Å². The first-order valence-electron chi connectivity index (χ1n) is 9.52. The van der Waals surface area contributed by atoms with E-state index >= 15 is 0 Å². The van der Waals surface area contributed by atoms with E-state index in [0.29, 0.717) is 17.0 Å². The van der Waals surface area contributed by atoms with Crippen LogP contribution in [0.15, 0.2) is 42.6 Å². The van der Waals surface area contributed by atoms with Crippen LogP contribution in [-0.4, -0.2) is 46.3 Å². The van der Waals surface area contributed by atoms with Gasteiger partial charge in [-0.1, -0.05) is 18.1 Å². The van der Waals surface area contributed by atoms with Gasteiger partial charge in [-0.3, -0.25) is 19.2 Å². The number of anilines is 1. The second-order valence-electron chi connectivity index (χ2n) is 7.05. The van der Waals surface area contributed by atoms with Gasteiger partial charge in [-0.15, -0.1) is 6.42 Å². The lowest BCUT2D eigenvalue weighted by Crippen LogP contribution is -2.49. The summed E-state index contributed by atoms with van der Waals surface area (Å²) < 4.78 is 34.2. The molecule has 2 aromatic heterocycles. The molecule has 32 heavy (non-hydrogen) atoms. The number of aromatic nitrogens is 3. The summed E-state index contributed by atoms with van der Waals surface area (Å²) in [5.74, 6) is 0.288. The molecule has 0 fully saturated rings. The Hall–Kier alpha value is -4.26. The van der Waals surface area contributed by atoms with Gasteiger partial charge in [0, 0.05) is 7.05 Å². The summed E-state index contributed by atoms with van der Waals surface area (Å²) in [4.78, 5) is 30.9. The molecular weight excluding hydrogens is 420 g/mol. The van der Waals surface area contributed by atoms with Crippen molar-refractivity contribution in [1.29, 1.82) is 0 Å². The molecule has 1 atom stereocenters. The topological polar surface area (TPSA) is 89.4 Å². The average Bonchev–Trinajstić information content (AvgIpc) is 3.11. The molecule has 2 amide bonds. The van der Waals surface area contributed by atoms with Crippen molar-refractivity contribution in [1.82, 2.24) is 20.1 Å². The number of benzene rings is 1. The molecule has 162 valence electrons. The number of ether oxygens (including phenoxy) is 1. The van der Waals surface area contributed by atoms with Crippen LogP contribution in [-0.2, 0) is 11.3 Å². The highest BCUT2D eigenvalue weighted by Crippen LogP contribution is 2.28. The maximum absolute atomic E-state index is 14.4. The lowest BCUT2D eigenvalue weighted by Gasteiger charge is -2.19. The van der Waals surface area contributed by atoms with E-state index in [1.54, 1.807) is 12.1 Å². The summed E-state index contributed by atoms with van der Waals surface area (Å²) in [7, 11) is 1.47. The molecule has 4 rings (SSSR count). The summed E-state index contributed by atoms with van der Waals surface area (Å²) in [6, 6.07) is 7.67. The van der Waals surface area contributed by atoms with Gasteiger partial charge in [-0.2, -0.15) is 5.10 Å². The van der Waals surface area contributed by atoms with Crippen molar-refractivity contribution in [3.63, 3.8) is 0 Å². The molecule has 1 aliphatic rings. The molecule has 0 saturated carbocycles. The lowest BCUT2D eigenvalue weighted by molar-refractivity contribution is -0.120. The molecule has 0 saturated heterocycles. The number of rotatable bonds is 4. The van der Waals surface area contributed by atoms with Crippen molar-refractivity contribution in [3.8, 4) is 18.1 Å². The van der Waals surface area contributed by atoms with E-state index in [0.717, 1.165) is 6.20 Å². The minimum atomic E-state index is -1.10. The lowest BCUT2D eigenvalue weighted by atomic mass is 10.2. The number of hydrogen-bond donors (Lipinski definition) is 1. The average molecular weight is 437 g/mol. The molecule has 1 N–H and O–H groups in total. The fourth-order valence-electron chi connectivity index (χ4n) is 3.19. The second kappa shape index (κ2) is 8.47. The molecule has 0 aliphatic carbocycles. The molecule has 0 bridgehead atoms. The van der Waals surface area contributed by atoms with Crippen LogP contribution in [0.1, 0.15) is 21.7 Å². The van der Waals surface area contributed by atoms with E-state index in [1.807, 2.05) is 0 Å². The number of terminal acetylenes is 1. The van der Waals surface area contributed by atoms with Crippen LogP contribution < -0.4 is 15.0 Å². The maximum Gasteiger partial charge on any atom is 0.275 e. The highest BCUT2D eigenvalue weighted by Gasteiger charge is 2.33. The van der Waals surface area contributed by atoms with Crippen molar-refractivity contribution in [2.24, 2.45) is 0 Å². The van der Waals surface area contributed by atoms with Gasteiger partial charge in [0.25, 0.3) is 11.8 Å². The zero-order valence-corrected chi connectivity index (χ0v) is 16.9. The molecule has 0 radical (unpaired) electrons. The maximum atomic E-state index is 14.4.